The number of aliphatic hydroxyl groups is 1. The van der Waals surface area contributed by atoms with Crippen molar-refractivity contribution in [1.82, 2.24) is 9.80 Å². The summed E-state index contributed by atoms with van der Waals surface area (Å²) in [7, 11) is 0. The molecule has 2 rings (SSSR count). The summed E-state index contributed by atoms with van der Waals surface area (Å²) in [5, 5.41) is 9.41. The minimum atomic E-state index is 0.0737. The highest BCUT2D eigenvalue weighted by Gasteiger charge is 2.20. The van der Waals surface area contributed by atoms with Crippen molar-refractivity contribution in [2.24, 2.45) is 0 Å². The highest BCUT2D eigenvalue weighted by Crippen LogP contribution is 2.14. The van der Waals surface area contributed by atoms with E-state index in [2.05, 4.69) is 4.90 Å². The Morgan fingerprint density at radius 1 is 1.14 bits per heavy atom. The zero-order chi connectivity index (χ0) is 15.8. The van der Waals surface area contributed by atoms with Gasteiger partial charge in [-0.2, -0.15) is 0 Å². The van der Waals surface area contributed by atoms with Crippen LogP contribution in [0.3, 0.4) is 0 Å². The maximum absolute atomic E-state index is 12.5. The lowest BCUT2D eigenvalue weighted by molar-refractivity contribution is 0.0761. The van der Waals surface area contributed by atoms with E-state index in [0.29, 0.717) is 10.6 Å². The molecule has 0 spiro atoms. The fourth-order valence-electron chi connectivity index (χ4n) is 2.83. The zero-order valence-corrected chi connectivity index (χ0v) is 13.8. The molecular formula is C17H25ClN2O2. The van der Waals surface area contributed by atoms with Crippen LogP contribution in [-0.2, 0) is 0 Å². The van der Waals surface area contributed by atoms with E-state index in [4.69, 9.17) is 16.7 Å². The van der Waals surface area contributed by atoms with Crippen LogP contribution >= 0.6 is 11.6 Å². The Bertz CT molecular complexity index is 481. The van der Waals surface area contributed by atoms with Crippen LogP contribution in [0.2, 0.25) is 5.02 Å². The van der Waals surface area contributed by atoms with E-state index in [1.54, 1.807) is 12.1 Å². The molecule has 1 aliphatic rings. The van der Waals surface area contributed by atoms with Gasteiger partial charge in [0.25, 0.3) is 5.91 Å². The average molecular weight is 325 g/mol. The predicted octanol–water partition coefficient (Wildman–Crippen LogP) is 2.65. The molecule has 0 aliphatic carbocycles. The minimum Gasteiger partial charge on any atom is -0.396 e. The summed E-state index contributed by atoms with van der Waals surface area (Å²) in [5.74, 6) is 0.0737. The van der Waals surface area contributed by atoms with Crippen molar-refractivity contribution in [1.29, 1.82) is 0 Å². The van der Waals surface area contributed by atoms with E-state index in [-0.39, 0.29) is 12.5 Å². The Morgan fingerprint density at radius 3 is 2.77 bits per heavy atom. The number of aliphatic hydroxyl groups excluding tert-OH is 1. The van der Waals surface area contributed by atoms with E-state index in [9.17, 15) is 4.79 Å². The molecule has 5 heteroatoms. The molecule has 0 unspecified atom stereocenters. The lowest BCUT2D eigenvalue weighted by Crippen LogP contribution is -2.35. The van der Waals surface area contributed by atoms with Gasteiger partial charge in [0.1, 0.15) is 0 Å². The van der Waals surface area contributed by atoms with Crippen LogP contribution in [0.4, 0.5) is 0 Å². The largest absolute Gasteiger partial charge is 0.396 e. The second kappa shape index (κ2) is 9.13. The molecule has 122 valence electrons. The first-order valence-electron chi connectivity index (χ1n) is 8.09. The molecule has 1 aromatic rings. The van der Waals surface area contributed by atoms with Crippen molar-refractivity contribution in [3.63, 3.8) is 0 Å². The highest BCUT2D eigenvalue weighted by molar-refractivity contribution is 6.30. The van der Waals surface area contributed by atoms with Crippen LogP contribution in [0.15, 0.2) is 24.3 Å². The van der Waals surface area contributed by atoms with Crippen molar-refractivity contribution in [3.8, 4) is 0 Å². The molecule has 0 bridgehead atoms. The average Bonchev–Trinajstić information content (AvgIpc) is 2.76. The number of rotatable bonds is 6. The fraction of sp³-hybridized carbons (Fsp3) is 0.588. The number of benzene rings is 1. The van der Waals surface area contributed by atoms with Crippen molar-refractivity contribution < 1.29 is 9.90 Å². The molecule has 1 fully saturated rings. The summed E-state index contributed by atoms with van der Waals surface area (Å²) >= 11 is 5.97. The Hall–Kier alpha value is -1.10. The molecule has 0 aromatic heterocycles. The van der Waals surface area contributed by atoms with Gasteiger partial charge in [-0.1, -0.05) is 17.7 Å². The monoisotopic (exact) mass is 324 g/mol. The molecule has 1 saturated heterocycles. The van der Waals surface area contributed by atoms with Gasteiger partial charge in [-0.25, -0.2) is 0 Å². The van der Waals surface area contributed by atoms with E-state index in [1.807, 2.05) is 17.0 Å². The second-order valence-electron chi connectivity index (χ2n) is 5.78. The molecule has 0 radical (unpaired) electrons. The van der Waals surface area contributed by atoms with Crippen molar-refractivity contribution >= 4 is 17.5 Å². The molecule has 0 atom stereocenters. The highest BCUT2D eigenvalue weighted by atomic mass is 35.5. The van der Waals surface area contributed by atoms with Crippen molar-refractivity contribution in [3.05, 3.63) is 34.9 Å². The van der Waals surface area contributed by atoms with Crippen molar-refractivity contribution in [2.45, 2.75) is 25.7 Å². The van der Waals surface area contributed by atoms with Gasteiger partial charge in [-0.05, 0) is 57.0 Å². The Kier molecular flexibility index (Phi) is 7.16. The number of halogens is 1. The summed E-state index contributed by atoms with van der Waals surface area (Å²) in [6, 6.07) is 7.17. The smallest absolute Gasteiger partial charge is 0.253 e. The third kappa shape index (κ3) is 5.27. The predicted molar refractivity (Wildman–Crippen MR) is 89.3 cm³/mol. The Morgan fingerprint density at radius 2 is 2.00 bits per heavy atom. The topological polar surface area (TPSA) is 43.8 Å². The first-order chi connectivity index (χ1) is 10.7. The molecule has 1 aromatic carbocycles. The van der Waals surface area contributed by atoms with Gasteiger partial charge in [0.05, 0.1) is 0 Å². The van der Waals surface area contributed by atoms with E-state index in [0.717, 1.165) is 58.4 Å². The van der Waals surface area contributed by atoms with Crippen LogP contribution in [0, 0.1) is 0 Å². The number of carbonyl (C=O) groups excluding carboxylic acids is 1. The molecular weight excluding hydrogens is 300 g/mol. The third-order valence-electron chi connectivity index (χ3n) is 4.08. The minimum absolute atomic E-state index is 0.0737. The number of hydrogen-bond acceptors (Lipinski definition) is 3. The van der Waals surface area contributed by atoms with Crippen LogP contribution in [0.25, 0.3) is 0 Å². The number of amides is 1. The first kappa shape index (κ1) is 17.3. The maximum atomic E-state index is 12.5. The SMILES string of the molecule is O=C(c1cccc(Cl)c1)N1CCCN(CCCCCO)CC1. The zero-order valence-electron chi connectivity index (χ0n) is 13.0. The number of carbonyl (C=O) groups is 1. The van der Waals surface area contributed by atoms with Gasteiger partial charge in [0, 0.05) is 36.8 Å². The normalized spacial score (nSPS) is 16.5. The summed E-state index contributed by atoms with van der Waals surface area (Å²) < 4.78 is 0. The lowest BCUT2D eigenvalue weighted by Gasteiger charge is -2.22. The van der Waals surface area contributed by atoms with Gasteiger partial charge in [0.15, 0.2) is 0 Å². The third-order valence-corrected chi connectivity index (χ3v) is 4.31. The summed E-state index contributed by atoms with van der Waals surface area (Å²) in [6.07, 6.45) is 4.07. The Balaban J connectivity index is 1.83. The number of nitrogens with zero attached hydrogens (tertiary/aromatic N) is 2. The molecule has 22 heavy (non-hydrogen) atoms. The second-order valence-corrected chi connectivity index (χ2v) is 6.22. The van der Waals surface area contributed by atoms with E-state index >= 15 is 0 Å². The quantitative estimate of drug-likeness (QED) is 0.818. The molecule has 1 N–H and O–H groups in total. The first-order valence-corrected chi connectivity index (χ1v) is 8.46. The van der Waals surface area contributed by atoms with Gasteiger partial charge in [-0.3, -0.25) is 4.79 Å². The van der Waals surface area contributed by atoms with Crippen LogP contribution in [0.5, 0.6) is 0 Å². The van der Waals surface area contributed by atoms with E-state index in [1.165, 1.54) is 0 Å². The molecule has 4 nitrogen and oxygen atoms in total. The summed E-state index contributed by atoms with van der Waals surface area (Å²) in [5.41, 5.74) is 0.670. The molecule has 0 saturated carbocycles. The van der Waals surface area contributed by atoms with Crippen LogP contribution in [0.1, 0.15) is 36.0 Å². The van der Waals surface area contributed by atoms with E-state index < -0.39 is 0 Å². The fourth-order valence-corrected chi connectivity index (χ4v) is 3.02. The summed E-state index contributed by atoms with van der Waals surface area (Å²) in [4.78, 5) is 16.9. The molecule has 1 aliphatic heterocycles. The number of unbranched alkanes of at least 4 members (excludes halogenated alkanes) is 2. The standard InChI is InChI=1S/C17H25ClN2O2/c18-16-7-4-6-15(14-16)17(22)20-10-5-9-19(11-12-20)8-2-1-3-13-21/h4,6-7,14,21H,1-3,5,8-13H2. The van der Waals surface area contributed by atoms with Crippen LogP contribution < -0.4 is 0 Å². The molecule has 1 heterocycles. The van der Waals surface area contributed by atoms with Crippen molar-refractivity contribution in [2.75, 3.05) is 39.3 Å². The Labute approximate surface area is 137 Å². The summed E-state index contributed by atoms with van der Waals surface area (Å²) in [6.45, 7) is 4.87. The molecule has 1 amide bonds. The van der Waals surface area contributed by atoms with Gasteiger partial charge < -0.3 is 14.9 Å². The lowest BCUT2D eigenvalue weighted by atomic mass is 10.2. The number of hydrogen-bond donors (Lipinski definition) is 1. The van der Waals surface area contributed by atoms with Gasteiger partial charge in [0.2, 0.25) is 0 Å². The van der Waals surface area contributed by atoms with Gasteiger partial charge in [-0.15, -0.1) is 0 Å². The van der Waals surface area contributed by atoms with Crippen LogP contribution in [-0.4, -0.2) is 60.1 Å². The van der Waals surface area contributed by atoms with Gasteiger partial charge >= 0.3 is 0 Å². The maximum Gasteiger partial charge on any atom is 0.253 e.